The van der Waals surface area contributed by atoms with E-state index in [9.17, 15) is 4.79 Å². The SMILES string of the molecule is C=C.C=C/C(=C\C/C(C)=C(\C)C(=C)CC(C)C)CNC(=O)C(=C)C/C=C\N(C=C(C)C)C(=C)C.CC.CC(C)C. The number of hydrogen-bond acceptors (Lipinski definition) is 2. The first-order valence-corrected chi connectivity index (χ1v) is 14.5. The van der Waals surface area contributed by atoms with Gasteiger partial charge in [-0.05, 0) is 76.9 Å². The van der Waals surface area contributed by atoms with Crippen molar-refractivity contribution in [3.63, 3.8) is 0 Å². The van der Waals surface area contributed by atoms with Crippen LogP contribution in [0.5, 0.6) is 0 Å². The smallest absolute Gasteiger partial charge is 0.247 e. The molecular formula is C37H64N2O. The quantitative estimate of drug-likeness (QED) is 0.132. The summed E-state index contributed by atoms with van der Waals surface area (Å²) in [4.78, 5) is 14.4. The number of nitrogens with zero attached hydrogens (tertiary/aromatic N) is 1. The summed E-state index contributed by atoms with van der Waals surface area (Å²) in [5.74, 6) is 1.28. The van der Waals surface area contributed by atoms with E-state index in [4.69, 9.17) is 0 Å². The number of carbonyl (C=O) groups is 1. The highest BCUT2D eigenvalue weighted by molar-refractivity contribution is 5.93. The van der Waals surface area contributed by atoms with Crippen LogP contribution in [-0.2, 0) is 4.79 Å². The van der Waals surface area contributed by atoms with Gasteiger partial charge in [-0.25, -0.2) is 0 Å². The van der Waals surface area contributed by atoms with Gasteiger partial charge in [0.15, 0.2) is 0 Å². The molecule has 0 bridgehead atoms. The number of amides is 1. The fourth-order valence-corrected chi connectivity index (χ4v) is 2.88. The molecule has 0 saturated carbocycles. The highest BCUT2D eigenvalue weighted by Gasteiger charge is 2.07. The first kappa shape index (κ1) is 44.0. The Morgan fingerprint density at radius 3 is 1.77 bits per heavy atom. The normalized spacial score (nSPS) is 11.0. The van der Waals surface area contributed by atoms with Gasteiger partial charge in [0, 0.05) is 30.2 Å². The molecule has 0 rings (SSSR count). The Balaban J connectivity index is -0.000000722. The third kappa shape index (κ3) is 26.5. The van der Waals surface area contributed by atoms with Gasteiger partial charge >= 0.3 is 0 Å². The van der Waals surface area contributed by atoms with E-state index in [0.29, 0.717) is 24.5 Å². The maximum Gasteiger partial charge on any atom is 0.247 e. The van der Waals surface area contributed by atoms with Crippen molar-refractivity contribution in [2.45, 2.75) is 102 Å². The number of hydrogen-bond donors (Lipinski definition) is 1. The van der Waals surface area contributed by atoms with Crippen LogP contribution in [0.3, 0.4) is 0 Å². The molecule has 0 spiro atoms. The van der Waals surface area contributed by atoms with Crippen LogP contribution in [0.15, 0.2) is 109 Å². The minimum Gasteiger partial charge on any atom is -0.348 e. The predicted molar refractivity (Wildman–Crippen MR) is 185 cm³/mol. The lowest BCUT2D eigenvalue weighted by molar-refractivity contribution is -0.117. The second-order valence-corrected chi connectivity index (χ2v) is 10.8. The fraction of sp³-hybridized carbons (Fsp3) is 0.486. The minimum atomic E-state index is -0.153. The third-order valence-corrected chi connectivity index (χ3v) is 5.00. The van der Waals surface area contributed by atoms with E-state index in [1.165, 1.54) is 22.3 Å². The lowest BCUT2D eigenvalue weighted by Crippen LogP contribution is -2.26. The molecule has 228 valence electrons. The molecule has 1 N–H and O–H groups in total. The van der Waals surface area contributed by atoms with Gasteiger partial charge in [0.2, 0.25) is 5.91 Å². The van der Waals surface area contributed by atoms with E-state index in [1.54, 1.807) is 6.08 Å². The Morgan fingerprint density at radius 1 is 0.875 bits per heavy atom. The minimum absolute atomic E-state index is 0.153. The van der Waals surface area contributed by atoms with Gasteiger partial charge in [-0.3, -0.25) is 4.79 Å². The lowest BCUT2D eigenvalue weighted by Gasteiger charge is -2.16. The highest BCUT2D eigenvalue weighted by Crippen LogP contribution is 2.22. The highest BCUT2D eigenvalue weighted by atomic mass is 16.1. The van der Waals surface area contributed by atoms with Gasteiger partial charge in [0.05, 0.1) is 0 Å². The molecule has 0 aliphatic heterocycles. The number of rotatable bonds is 14. The maximum absolute atomic E-state index is 12.4. The second-order valence-electron chi connectivity index (χ2n) is 10.8. The van der Waals surface area contributed by atoms with E-state index < -0.39 is 0 Å². The first-order valence-electron chi connectivity index (χ1n) is 14.5. The molecule has 0 aliphatic carbocycles. The zero-order valence-electron chi connectivity index (χ0n) is 28.5. The molecule has 1 amide bonds. The number of carbonyl (C=O) groups excluding carboxylic acids is 1. The van der Waals surface area contributed by atoms with Gasteiger partial charge in [0.1, 0.15) is 0 Å². The molecule has 0 aromatic rings. The Morgan fingerprint density at radius 2 is 1.38 bits per heavy atom. The largest absolute Gasteiger partial charge is 0.348 e. The summed E-state index contributed by atoms with van der Waals surface area (Å²) in [7, 11) is 0. The number of nitrogens with one attached hydrogen (secondary N) is 1. The summed E-state index contributed by atoms with van der Waals surface area (Å²) in [6.07, 6.45) is 12.0. The molecule has 0 heterocycles. The average Bonchev–Trinajstić information content (AvgIpc) is 2.88. The van der Waals surface area contributed by atoms with Crippen molar-refractivity contribution in [3.8, 4) is 0 Å². The molecule has 3 heteroatoms. The Labute approximate surface area is 250 Å². The van der Waals surface area contributed by atoms with E-state index in [2.05, 4.69) is 99.3 Å². The average molecular weight is 553 g/mol. The zero-order valence-corrected chi connectivity index (χ0v) is 28.5. The molecule has 0 aromatic heterocycles. The Bertz CT molecular complexity index is 884. The van der Waals surface area contributed by atoms with Gasteiger partial charge in [-0.15, -0.1) is 13.2 Å². The molecule has 0 unspecified atom stereocenters. The summed E-state index contributed by atoms with van der Waals surface area (Å²) in [5.41, 5.74) is 7.32. The Hall–Kier alpha value is -3.07. The van der Waals surface area contributed by atoms with Crippen molar-refractivity contribution < 1.29 is 4.79 Å². The summed E-state index contributed by atoms with van der Waals surface area (Å²) < 4.78 is 0. The summed E-state index contributed by atoms with van der Waals surface area (Å²) in [6, 6.07) is 0. The molecule has 0 aromatic carbocycles. The predicted octanol–water partition coefficient (Wildman–Crippen LogP) is 11.3. The van der Waals surface area contributed by atoms with Crippen LogP contribution in [-0.4, -0.2) is 17.4 Å². The van der Waals surface area contributed by atoms with E-state index >= 15 is 0 Å². The van der Waals surface area contributed by atoms with Crippen molar-refractivity contribution in [2.24, 2.45) is 11.8 Å². The molecule has 0 aliphatic rings. The zero-order chi connectivity index (χ0) is 32.4. The molecular weight excluding hydrogens is 488 g/mol. The van der Waals surface area contributed by atoms with Crippen LogP contribution in [0.25, 0.3) is 0 Å². The Kier molecular flexibility index (Phi) is 30.2. The van der Waals surface area contributed by atoms with E-state index in [1.807, 2.05) is 58.0 Å². The number of allylic oxidation sites excluding steroid dienone is 7. The monoisotopic (exact) mass is 553 g/mol. The molecule has 40 heavy (non-hydrogen) atoms. The molecule has 3 nitrogen and oxygen atoms in total. The molecule has 0 atom stereocenters. The fourth-order valence-electron chi connectivity index (χ4n) is 2.88. The van der Waals surface area contributed by atoms with Crippen molar-refractivity contribution in [3.05, 3.63) is 109 Å². The molecule has 0 saturated heterocycles. The summed E-state index contributed by atoms with van der Waals surface area (Å²) in [5, 5.41) is 2.94. The summed E-state index contributed by atoms with van der Waals surface area (Å²) in [6.45, 7) is 47.6. The van der Waals surface area contributed by atoms with Crippen molar-refractivity contribution >= 4 is 5.91 Å². The molecule has 0 radical (unpaired) electrons. The molecule has 0 fully saturated rings. The van der Waals surface area contributed by atoms with Gasteiger partial charge in [-0.1, -0.05) is 110 Å². The van der Waals surface area contributed by atoms with Crippen LogP contribution < -0.4 is 5.32 Å². The van der Waals surface area contributed by atoms with Crippen molar-refractivity contribution in [2.75, 3.05) is 6.54 Å². The first-order chi connectivity index (χ1) is 18.6. The van der Waals surface area contributed by atoms with Crippen molar-refractivity contribution in [1.82, 2.24) is 10.2 Å². The van der Waals surface area contributed by atoms with Crippen LogP contribution >= 0.6 is 0 Å². The topological polar surface area (TPSA) is 32.3 Å². The van der Waals surface area contributed by atoms with Crippen LogP contribution in [0.2, 0.25) is 0 Å². The van der Waals surface area contributed by atoms with Crippen LogP contribution in [0.4, 0.5) is 0 Å². The van der Waals surface area contributed by atoms with Crippen molar-refractivity contribution in [1.29, 1.82) is 0 Å². The lowest BCUT2D eigenvalue weighted by atomic mass is 9.94. The van der Waals surface area contributed by atoms with E-state index in [-0.39, 0.29) is 5.91 Å². The van der Waals surface area contributed by atoms with Gasteiger partial charge in [-0.2, -0.15) is 0 Å². The third-order valence-electron chi connectivity index (χ3n) is 5.00. The van der Waals surface area contributed by atoms with Crippen LogP contribution in [0, 0.1) is 11.8 Å². The van der Waals surface area contributed by atoms with E-state index in [0.717, 1.165) is 30.0 Å². The van der Waals surface area contributed by atoms with Gasteiger partial charge in [0.25, 0.3) is 0 Å². The summed E-state index contributed by atoms with van der Waals surface area (Å²) >= 11 is 0. The maximum atomic E-state index is 12.4. The van der Waals surface area contributed by atoms with Gasteiger partial charge < -0.3 is 10.2 Å². The van der Waals surface area contributed by atoms with Crippen LogP contribution in [0.1, 0.15) is 102 Å². The standard InChI is InChI=1S/C29H44N2O.C4H10.C2H6.C2H4/c1-12-28(16-15-24(8)27(11)26(10)18-21(2)3)19-30-29(32)25(9)14-13-17-31(23(6)7)20-22(4)5;1-4(2)3;2*1-2/h12-13,16-17,20-21H,1,6,9-10,14-15,18-19H2,2-5,7-8,11H3,(H,30,32);4H,1-3H3;1-2H3;1-2H2/b17-13-,27-24+,28-16+;;;. The second kappa shape index (κ2) is 27.5.